The second-order valence-electron chi connectivity index (χ2n) is 9.00. The fraction of sp³-hybridized carbons (Fsp3) is 0.0606. The molecule has 6 rings (SSSR count). The zero-order valence-corrected chi connectivity index (χ0v) is 21.3. The van der Waals surface area contributed by atoms with Crippen LogP contribution in [0.25, 0.3) is 33.0 Å². The van der Waals surface area contributed by atoms with Crippen molar-refractivity contribution >= 4 is 0 Å². The van der Waals surface area contributed by atoms with Gasteiger partial charge < -0.3 is 0 Å². The van der Waals surface area contributed by atoms with Gasteiger partial charge in [0.25, 0.3) is 0 Å². The van der Waals surface area contributed by atoms with E-state index in [1.807, 2.05) is 91.0 Å². The van der Waals surface area contributed by atoms with Gasteiger partial charge >= 0.3 is 0 Å². The Bertz CT molecular complexity index is 1870. The van der Waals surface area contributed by atoms with Crippen molar-refractivity contribution in [2.75, 3.05) is 0 Å². The summed E-state index contributed by atoms with van der Waals surface area (Å²) in [6.45, 7) is -0.287. The van der Waals surface area contributed by atoms with E-state index in [0.29, 0.717) is 11.1 Å². The van der Waals surface area contributed by atoms with E-state index in [1.54, 1.807) is 29.1 Å². The molecule has 0 aliphatic rings. The normalized spacial score (nSPS) is 12.5. The quantitative estimate of drug-likeness (QED) is 0.0887. The summed E-state index contributed by atoms with van der Waals surface area (Å²) < 4.78 is 34.6. The van der Waals surface area contributed by atoms with Crippen LogP contribution in [0.2, 0.25) is 0 Å². The van der Waals surface area contributed by atoms with Gasteiger partial charge in [-0.15, -0.1) is 15.0 Å². The maximum Gasteiger partial charge on any atom is 0.205 e. The van der Waals surface area contributed by atoms with E-state index in [0.717, 1.165) is 16.7 Å². The minimum absolute atomic E-state index is 0.0291. The summed E-state index contributed by atoms with van der Waals surface area (Å²) in [5.41, 5.74) is 11.6. The van der Waals surface area contributed by atoms with Crippen molar-refractivity contribution in [1.82, 2.24) is 20.2 Å². The number of hydrogen-bond acceptors (Lipinski definition) is 4. The number of azide groups is 1. The average molecular weight is 524 g/mol. The molecule has 0 unspecified atom stereocenters. The molecule has 0 bridgehead atoms. The molecule has 6 aromatic rings. The molecule has 0 saturated carbocycles. The lowest BCUT2D eigenvalue weighted by atomic mass is 9.77. The van der Waals surface area contributed by atoms with Gasteiger partial charge in [-0.05, 0) is 44.1 Å². The Balaban J connectivity index is 1.59. The molecule has 0 aliphatic heterocycles. The molecule has 5 aromatic carbocycles. The Morgan fingerprint density at radius 2 is 1.20 bits per heavy atom. The smallest absolute Gasteiger partial charge is 0.144 e. The Kier molecular flexibility index (Phi) is 5.66. The van der Waals surface area contributed by atoms with Gasteiger partial charge in [-0.3, -0.25) is 0 Å². The van der Waals surface area contributed by atoms with Crippen molar-refractivity contribution in [3.05, 3.63) is 172 Å². The Hall–Kier alpha value is -5.52. The predicted molar refractivity (Wildman–Crippen MR) is 156 cm³/mol. The van der Waals surface area contributed by atoms with E-state index in [2.05, 4.69) is 20.3 Å². The maximum atomic E-state index is 8.76. The minimum Gasteiger partial charge on any atom is -0.144 e. The molecule has 1 aromatic heterocycles. The highest BCUT2D eigenvalue weighted by Crippen LogP contribution is 2.40. The van der Waals surface area contributed by atoms with E-state index in [9.17, 15) is 0 Å². The molecule has 1 heterocycles. The molecular formula is C33H25N7. The summed E-state index contributed by atoms with van der Waals surface area (Å²) in [6.07, 6.45) is 0. The number of rotatable bonds is 8. The predicted octanol–water partition coefficient (Wildman–Crippen LogP) is 7.66. The molecular weight excluding hydrogens is 494 g/mol. The highest BCUT2D eigenvalue weighted by molar-refractivity contribution is 5.80. The number of tetrazole rings is 1. The first-order valence-electron chi connectivity index (χ1n) is 14.7. The third-order valence-corrected chi connectivity index (χ3v) is 6.69. The van der Waals surface area contributed by atoms with Crippen molar-refractivity contribution in [1.29, 1.82) is 0 Å². The first-order chi connectivity index (χ1) is 21.5. The number of benzene rings is 5. The van der Waals surface area contributed by atoms with E-state index in [1.165, 1.54) is 0 Å². The molecule has 192 valence electrons. The highest BCUT2D eigenvalue weighted by atomic mass is 15.6. The Morgan fingerprint density at radius 1 is 0.700 bits per heavy atom. The van der Waals surface area contributed by atoms with Crippen molar-refractivity contribution in [3.8, 4) is 22.5 Å². The zero-order chi connectivity index (χ0) is 30.7. The van der Waals surface area contributed by atoms with Gasteiger partial charge in [-0.1, -0.05) is 145 Å². The first-order valence-corrected chi connectivity index (χ1v) is 12.7. The van der Waals surface area contributed by atoms with Gasteiger partial charge in [0.1, 0.15) is 0 Å². The average Bonchev–Trinajstić information content (AvgIpc) is 3.56. The van der Waals surface area contributed by atoms with Crippen molar-refractivity contribution in [2.45, 2.75) is 12.1 Å². The Morgan fingerprint density at radius 3 is 1.73 bits per heavy atom. The van der Waals surface area contributed by atoms with Gasteiger partial charge in [0.2, 0.25) is 5.82 Å². The third kappa shape index (κ3) is 4.51. The second-order valence-corrected chi connectivity index (χ2v) is 9.00. The van der Waals surface area contributed by atoms with Crippen LogP contribution < -0.4 is 0 Å². The summed E-state index contributed by atoms with van der Waals surface area (Å²) in [7, 11) is 0. The van der Waals surface area contributed by atoms with Crippen LogP contribution in [0.15, 0.2) is 145 Å². The second kappa shape index (κ2) is 11.1. The van der Waals surface area contributed by atoms with Gasteiger partial charge in [0.05, 0.1) is 12.0 Å². The van der Waals surface area contributed by atoms with Crippen LogP contribution in [-0.4, -0.2) is 20.2 Å². The van der Waals surface area contributed by atoms with Gasteiger partial charge in [0.15, 0.2) is 5.54 Å². The lowest BCUT2D eigenvalue weighted by Gasteiger charge is -2.34. The summed E-state index contributed by atoms with van der Waals surface area (Å²) in [5, 5.41) is 17.5. The van der Waals surface area contributed by atoms with Crippen molar-refractivity contribution < 1.29 is 5.48 Å². The van der Waals surface area contributed by atoms with E-state index in [4.69, 9.17) is 16.1 Å². The molecule has 0 fully saturated rings. The molecule has 0 N–H and O–H groups in total. The van der Waals surface area contributed by atoms with Crippen LogP contribution in [0.5, 0.6) is 0 Å². The third-order valence-electron chi connectivity index (χ3n) is 6.69. The van der Waals surface area contributed by atoms with Gasteiger partial charge in [-0.25, -0.2) is 0 Å². The largest absolute Gasteiger partial charge is 0.205 e. The molecule has 0 aliphatic carbocycles. The van der Waals surface area contributed by atoms with Crippen LogP contribution in [0.1, 0.15) is 27.7 Å². The molecule has 0 atom stereocenters. The van der Waals surface area contributed by atoms with E-state index < -0.39 is 5.54 Å². The van der Waals surface area contributed by atoms with E-state index >= 15 is 0 Å². The lowest BCUT2D eigenvalue weighted by Crippen LogP contribution is -2.39. The summed E-state index contributed by atoms with van der Waals surface area (Å²) in [6, 6.07) is 35.8. The van der Waals surface area contributed by atoms with Gasteiger partial charge in [-0.2, -0.15) is 0 Å². The zero-order valence-electron chi connectivity index (χ0n) is 25.3. The molecule has 0 saturated heterocycles. The number of hydrogen-bond donors (Lipinski definition) is 0. The maximum absolute atomic E-state index is 8.76. The van der Waals surface area contributed by atoms with Crippen molar-refractivity contribution in [3.63, 3.8) is 0 Å². The minimum atomic E-state index is -0.989. The molecule has 0 amide bonds. The standard InChI is InChI=1S/C33H25N7/c34-38-35-24-25-20-22-26(23-21-25)30-18-10-11-19-31(30)32-36-39-40(37-32)33(27-12-4-1-5-13-27,28-14-6-2-7-15-28)29-16-8-3-9-17-29/h1-23H,24H2/i20D,21D,22D,23D. The van der Waals surface area contributed by atoms with Crippen LogP contribution in [0, 0.1) is 0 Å². The Labute approximate surface area is 237 Å². The molecule has 0 radical (unpaired) electrons. The molecule has 7 nitrogen and oxygen atoms in total. The van der Waals surface area contributed by atoms with Crippen molar-refractivity contribution in [2.24, 2.45) is 5.11 Å². The van der Waals surface area contributed by atoms with E-state index in [-0.39, 0.29) is 47.7 Å². The molecule has 0 spiro atoms. The summed E-state index contributed by atoms with van der Waals surface area (Å²) in [4.78, 5) is 4.30. The highest BCUT2D eigenvalue weighted by Gasteiger charge is 2.41. The van der Waals surface area contributed by atoms with Crippen LogP contribution in [0.3, 0.4) is 0 Å². The monoisotopic (exact) mass is 523 g/mol. The summed E-state index contributed by atoms with van der Waals surface area (Å²) >= 11 is 0. The summed E-state index contributed by atoms with van der Waals surface area (Å²) in [5.74, 6) is 0.253. The number of aromatic nitrogens is 4. The fourth-order valence-corrected chi connectivity index (χ4v) is 4.90. The molecule has 7 heteroatoms. The first kappa shape index (κ1) is 20.4. The SMILES string of the molecule is [2H]c1c([2H])c(-c2ccccc2-c2nnn(C(c3ccccc3)(c3ccccc3)c3ccccc3)n2)c([2H])c([2H])c1CN=[N+]=[N-]. The van der Waals surface area contributed by atoms with Gasteiger partial charge in [0, 0.05) is 10.5 Å². The van der Waals surface area contributed by atoms with Crippen LogP contribution in [-0.2, 0) is 12.1 Å². The van der Waals surface area contributed by atoms with Crippen LogP contribution in [0.4, 0.5) is 0 Å². The van der Waals surface area contributed by atoms with Crippen LogP contribution >= 0.6 is 0 Å². The lowest BCUT2D eigenvalue weighted by molar-refractivity contribution is 0.396. The fourth-order valence-electron chi connectivity index (χ4n) is 4.90. The molecule has 40 heavy (non-hydrogen) atoms. The number of nitrogens with zero attached hydrogens (tertiary/aromatic N) is 7. The topological polar surface area (TPSA) is 92.4 Å².